The fourth-order valence-electron chi connectivity index (χ4n) is 2.74. The van der Waals surface area contributed by atoms with E-state index in [1.165, 1.54) is 11.1 Å². The average Bonchev–Trinajstić information content (AvgIpc) is 3.02. The third-order valence-electron chi connectivity index (χ3n) is 3.85. The van der Waals surface area contributed by atoms with Gasteiger partial charge in [-0.1, -0.05) is 30.4 Å². The molecule has 2 aliphatic rings. The summed E-state index contributed by atoms with van der Waals surface area (Å²) in [6.07, 6.45) is 11.2. The normalized spacial score (nSPS) is 18.5. The van der Waals surface area contributed by atoms with Gasteiger partial charge in [-0.25, -0.2) is 0 Å². The maximum Gasteiger partial charge on any atom is 0.253 e. The highest BCUT2D eigenvalue weighted by Gasteiger charge is 2.19. The van der Waals surface area contributed by atoms with Gasteiger partial charge in [0.1, 0.15) is 0 Å². The Kier molecular flexibility index (Phi) is 3.49. The molecule has 2 heteroatoms. The van der Waals surface area contributed by atoms with Gasteiger partial charge in [0.25, 0.3) is 5.91 Å². The third kappa shape index (κ3) is 2.62. The number of carbonyl (C=O) groups excluding carboxylic acids is 1. The number of likely N-dealkylation sites (tertiary alicyclic amines) is 1. The summed E-state index contributed by atoms with van der Waals surface area (Å²) < 4.78 is 0. The van der Waals surface area contributed by atoms with Gasteiger partial charge in [0, 0.05) is 18.7 Å². The van der Waals surface area contributed by atoms with Crippen molar-refractivity contribution in [2.75, 3.05) is 13.1 Å². The number of hydrogen-bond acceptors (Lipinski definition) is 1. The Bertz CT molecular complexity index is 519. The number of nitrogens with zero attached hydrogens (tertiary/aromatic N) is 1. The molecule has 0 atom stereocenters. The van der Waals surface area contributed by atoms with Crippen LogP contribution in [-0.2, 0) is 0 Å². The Labute approximate surface area is 114 Å². The molecule has 0 aromatic heterocycles. The predicted molar refractivity (Wildman–Crippen MR) is 77.9 cm³/mol. The zero-order chi connectivity index (χ0) is 13.1. The van der Waals surface area contributed by atoms with E-state index in [1.807, 2.05) is 17.0 Å². The molecule has 2 nitrogen and oxygen atoms in total. The zero-order valence-electron chi connectivity index (χ0n) is 11.1. The van der Waals surface area contributed by atoms with E-state index < -0.39 is 0 Å². The summed E-state index contributed by atoms with van der Waals surface area (Å²) in [5.74, 6) is 0.178. The highest BCUT2D eigenvalue weighted by atomic mass is 16.2. The highest BCUT2D eigenvalue weighted by molar-refractivity contribution is 5.94. The van der Waals surface area contributed by atoms with Crippen molar-refractivity contribution in [3.8, 4) is 0 Å². The minimum atomic E-state index is 0.178. The van der Waals surface area contributed by atoms with Gasteiger partial charge in [-0.2, -0.15) is 0 Å². The molecule has 0 spiro atoms. The minimum absolute atomic E-state index is 0.178. The molecule has 1 aromatic rings. The molecular formula is C17H19NO. The van der Waals surface area contributed by atoms with Crippen molar-refractivity contribution < 1.29 is 4.79 Å². The molecule has 0 radical (unpaired) electrons. The van der Waals surface area contributed by atoms with Crippen LogP contribution in [0.25, 0.3) is 5.57 Å². The van der Waals surface area contributed by atoms with Gasteiger partial charge in [0.15, 0.2) is 0 Å². The highest BCUT2D eigenvalue weighted by Crippen LogP contribution is 2.22. The first-order valence-electron chi connectivity index (χ1n) is 7.11. The number of rotatable bonds is 2. The standard InChI is InChI=1S/C17H19NO/c19-17(18-12-4-5-13-18)16-10-8-15(9-11-16)14-6-2-1-3-7-14/h2,6-11H,1,3-5,12-13H2. The van der Waals surface area contributed by atoms with Crippen molar-refractivity contribution in [3.05, 3.63) is 53.6 Å². The lowest BCUT2D eigenvalue weighted by Crippen LogP contribution is -2.27. The number of benzene rings is 1. The Morgan fingerprint density at radius 1 is 1.00 bits per heavy atom. The SMILES string of the molecule is O=C(c1ccc(C2=CCCC=C2)cc1)N1CCCC1. The lowest BCUT2D eigenvalue weighted by molar-refractivity contribution is 0.0793. The van der Waals surface area contributed by atoms with E-state index in [1.54, 1.807) is 0 Å². The van der Waals surface area contributed by atoms with E-state index in [0.717, 1.165) is 44.3 Å². The van der Waals surface area contributed by atoms with Gasteiger partial charge in [-0.05, 0) is 49.0 Å². The molecule has 3 rings (SSSR count). The molecule has 1 saturated heterocycles. The molecule has 1 amide bonds. The number of allylic oxidation sites excluding steroid dienone is 4. The second-order valence-electron chi connectivity index (χ2n) is 5.22. The van der Waals surface area contributed by atoms with Crippen LogP contribution in [0.4, 0.5) is 0 Å². The van der Waals surface area contributed by atoms with Crippen molar-refractivity contribution in [3.63, 3.8) is 0 Å². The van der Waals surface area contributed by atoms with Crippen molar-refractivity contribution in [2.24, 2.45) is 0 Å². The number of hydrogen-bond donors (Lipinski definition) is 0. The molecule has 1 aliphatic carbocycles. The molecule has 1 aromatic carbocycles. The summed E-state index contributed by atoms with van der Waals surface area (Å²) in [5, 5.41) is 0. The fraction of sp³-hybridized carbons (Fsp3) is 0.353. The largest absolute Gasteiger partial charge is 0.339 e. The van der Waals surface area contributed by atoms with Crippen LogP contribution in [-0.4, -0.2) is 23.9 Å². The maximum atomic E-state index is 12.2. The first-order valence-corrected chi connectivity index (χ1v) is 7.11. The summed E-state index contributed by atoms with van der Waals surface area (Å²) in [5.41, 5.74) is 3.28. The lowest BCUT2D eigenvalue weighted by atomic mass is 9.98. The van der Waals surface area contributed by atoms with Crippen molar-refractivity contribution in [2.45, 2.75) is 25.7 Å². The monoisotopic (exact) mass is 253 g/mol. The van der Waals surface area contributed by atoms with Crippen LogP contribution in [0.15, 0.2) is 42.5 Å². The van der Waals surface area contributed by atoms with E-state index >= 15 is 0 Å². The quantitative estimate of drug-likeness (QED) is 0.787. The Hall–Kier alpha value is -1.83. The Balaban J connectivity index is 1.76. The van der Waals surface area contributed by atoms with E-state index in [4.69, 9.17) is 0 Å². The molecule has 19 heavy (non-hydrogen) atoms. The molecule has 0 unspecified atom stereocenters. The predicted octanol–water partition coefficient (Wildman–Crippen LogP) is 3.66. The molecule has 0 N–H and O–H groups in total. The second kappa shape index (κ2) is 5.43. The average molecular weight is 253 g/mol. The molecular weight excluding hydrogens is 234 g/mol. The summed E-state index contributed by atoms with van der Waals surface area (Å²) >= 11 is 0. The fourth-order valence-corrected chi connectivity index (χ4v) is 2.74. The van der Waals surface area contributed by atoms with Gasteiger partial charge in [-0.15, -0.1) is 0 Å². The van der Waals surface area contributed by atoms with Crippen LogP contribution in [0, 0.1) is 0 Å². The molecule has 1 aliphatic heterocycles. The van der Waals surface area contributed by atoms with Crippen molar-refractivity contribution >= 4 is 11.5 Å². The van der Waals surface area contributed by atoms with Gasteiger partial charge in [0.2, 0.25) is 0 Å². The second-order valence-corrected chi connectivity index (χ2v) is 5.22. The van der Waals surface area contributed by atoms with E-state index in [2.05, 4.69) is 30.4 Å². The van der Waals surface area contributed by atoms with E-state index in [9.17, 15) is 4.79 Å². The molecule has 0 bridgehead atoms. The summed E-state index contributed by atoms with van der Waals surface area (Å²) in [7, 11) is 0. The van der Waals surface area contributed by atoms with Crippen molar-refractivity contribution in [1.82, 2.24) is 4.90 Å². The third-order valence-corrected chi connectivity index (χ3v) is 3.85. The minimum Gasteiger partial charge on any atom is -0.339 e. The van der Waals surface area contributed by atoms with E-state index in [-0.39, 0.29) is 5.91 Å². The first kappa shape index (κ1) is 12.2. The van der Waals surface area contributed by atoms with Crippen LogP contribution in [0.3, 0.4) is 0 Å². The zero-order valence-corrected chi connectivity index (χ0v) is 11.1. The summed E-state index contributed by atoms with van der Waals surface area (Å²) in [6.45, 7) is 1.82. The van der Waals surface area contributed by atoms with Gasteiger partial charge in [0.05, 0.1) is 0 Å². The Morgan fingerprint density at radius 3 is 2.37 bits per heavy atom. The topological polar surface area (TPSA) is 20.3 Å². The maximum absolute atomic E-state index is 12.2. The molecule has 0 saturated carbocycles. The Morgan fingerprint density at radius 2 is 1.74 bits per heavy atom. The van der Waals surface area contributed by atoms with Crippen molar-refractivity contribution in [1.29, 1.82) is 0 Å². The van der Waals surface area contributed by atoms with Crippen LogP contribution < -0.4 is 0 Å². The summed E-state index contributed by atoms with van der Waals surface area (Å²) in [6, 6.07) is 8.04. The van der Waals surface area contributed by atoms with Gasteiger partial charge >= 0.3 is 0 Å². The molecule has 98 valence electrons. The number of carbonyl (C=O) groups is 1. The van der Waals surface area contributed by atoms with Crippen LogP contribution in [0.1, 0.15) is 41.6 Å². The van der Waals surface area contributed by atoms with E-state index in [0.29, 0.717) is 0 Å². The van der Waals surface area contributed by atoms with Crippen LogP contribution in [0.5, 0.6) is 0 Å². The van der Waals surface area contributed by atoms with Crippen LogP contribution in [0.2, 0.25) is 0 Å². The van der Waals surface area contributed by atoms with Gasteiger partial charge in [-0.3, -0.25) is 4.79 Å². The first-order chi connectivity index (χ1) is 9.34. The molecule has 1 fully saturated rings. The van der Waals surface area contributed by atoms with Gasteiger partial charge < -0.3 is 4.90 Å². The molecule has 1 heterocycles. The number of amides is 1. The smallest absolute Gasteiger partial charge is 0.253 e. The summed E-state index contributed by atoms with van der Waals surface area (Å²) in [4.78, 5) is 14.2. The lowest BCUT2D eigenvalue weighted by Gasteiger charge is -2.15. The van der Waals surface area contributed by atoms with Crippen LogP contribution >= 0.6 is 0 Å².